The summed E-state index contributed by atoms with van der Waals surface area (Å²) in [4.78, 5) is 0. The van der Waals surface area contributed by atoms with Crippen LogP contribution in [0.3, 0.4) is 0 Å². The van der Waals surface area contributed by atoms with E-state index in [1.165, 1.54) is 12.1 Å². The van der Waals surface area contributed by atoms with Gasteiger partial charge in [-0.25, -0.2) is 0 Å². The monoisotopic (exact) mass is 514 g/mol. The predicted octanol–water partition coefficient (Wildman–Crippen LogP) is 5.94. The highest BCUT2D eigenvalue weighted by Crippen LogP contribution is 2.47. The molecule has 2 rings (SSSR count). The van der Waals surface area contributed by atoms with E-state index in [0.717, 1.165) is 4.47 Å². The van der Waals surface area contributed by atoms with Crippen molar-refractivity contribution in [2.75, 3.05) is 0 Å². The fraction of sp³-hybridized carbons (Fsp3) is 0. The molecule has 0 amide bonds. The van der Waals surface area contributed by atoms with E-state index < -0.39 is 0 Å². The SMILES string of the molecule is Oc1ccc(Br)cc1Oc1c(O)cc(Br)c(Br)c1Br. The van der Waals surface area contributed by atoms with E-state index in [-0.39, 0.29) is 23.0 Å². The molecule has 0 saturated carbocycles. The maximum atomic E-state index is 9.92. The quantitative estimate of drug-likeness (QED) is 0.485. The van der Waals surface area contributed by atoms with E-state index in [2.05, 4.69) is 63.7 Å². The van der Waals surface area contributed by atoms with Gasteiger partial charge in [0, 0.05) is 13.4 Å². The van der Waals surface area contributed by atoms with Crippen molar-refractivity contribution in [1.82, 2.24) is 0 Å². The van der Waals surface area contributed by atoms with Gasteiger partial charge in [0.2, 0.25) is 0 Å². The van der Waals surface area contributed by atoms with Crippen molar-refractivity contribution in [1.29, 1.82) is 0 Å². The number of phenols is 2. The van der Waals surface area contributed by atoms with Gasteiger partial charge in [-0.3, -0.25) is 0 Å². The van der Waals surface area contributed by atoms with E-state index in [1.807, 2.05) is 0 Å². The minimum absolute atomic E-state index is 0.0199. The average molecular weight is 518 g/mol. The third-order valence-corrected chi connectivity index (χ3v) is 5.99. The van der Waals surface area contributed by atoms with Crippen LogP contribution in [0.1, 0.15) is 0 Å². The van der Waals surface area contributed by atoms with Crippen molar-refractivity contribution >= 4 is 63.7 Å². The lowest BCUT2D eigenvalue weighted by Gasteiger charge is -2.13. The zero-order chi connectivity index (χ0) is 14.2. The predicted molar refractivity (Wildman–Crippen MR) is 87.1 cm³/mol. The lowest BCUT2D eigenvalue weighted by molar-refractivity contribution is 0.383. The highest BCUT2D eigenvalue weighted by atomic mass is 79.9. The normalized spacial score (nSPS) is 10.5. The van der Waals surface area contributed by atoms with Gasteiger partial charge < -0.3 is 14.9 Å². The van der Waals surface area contributed by atoms with Gasteiger partial charge >= 0.3 is 0 Å². The first-order valence-corrected chi connectivity index (χ1v) is 8.10. The minimum Gasteiger partial charge on any atom is -0.504 e. The first-order chi connectivity index (χ1) is 8.90. The molecule has 0 atom stereocenters. The van der Waals surface area contributed by atoms with Crippen molar-refractivity contribution in [3.8, 4) is 23.0 Å². The Hall–Kier alpha value is -0.240. The summed E-state index contributed by atoms with van der Waals surface area (Å²) in [5.74, 6) is 0.373. The van der Waals surface area contributed by atoms with Crippen LogP contribution in [0, 0.1) is 0 Å². The summed E-state index contributed by atoms with van der Waals surface area (Å²) in [5.41, 5.74) is 0. The van der Waals surface area contributed by atoms with Gasteiger partial charge in [-0.1, -0.05) is 15.9 Å². The van der Waals surface area contributed by atoms with Crippen LogP contribution in [0.25, 0.3) is 0 Å². The largest absolute Gasteiger partial charge is 0.504 e. The van der Waals surface area contributed by atoms with Crippen LogP contribution in [0.15, 0.2) is 42.2 Å². The Kier molecular flexibility index (Phi) is 4.81. The average Bonchev–Trinajstić information content (AvgIpc) is 2.36. The molecule has 2 aromatic rings. The molecule has 3 nitrogen and oxygen atoms in total. The molecule has 0 fully saturated rings. The van der Waals surface area contributed by atoms with E-state index in [9.17, 15) is 10.2 Å². The van der Waals surface area contributed by atoms with Gasteiger partial charge in [0.05, 0.1) is 4.47 Å². The summed E-state index contributed by atoms with van der Waals surface area (Å²) in [5, 5.41) is 19.7. The molecular weight excluding hydrogens is 512 g/mol. The van der Waals surface area contributed by atoms with Gasteiger partial charge in [-0.2, -0.15) is 0 Å². The fourth-order valence-corrected chi connectivity index (χ4v) is 3.16. The Bertz CT molecular complexity index is 643. The highest BCUT2D eigenvalue weighted by molar-refractivity contribution is 9.14. The van der Waals surface area contributed by atoms with Crippen LogP contribution in [0.2, 0.25) is 0 Å². The molecule has 0 unspecified atom stereocenters. The third-order valence-electron chi connectivity index (χ3n) is 2.23. The number of benzene rings is 2. The van der Waals surface area contributed by atoms with Gasteiger partial charge in [-0.15, -0.1) is 0 Å². The number of halogens is 4. The van der Waals surface area contributed by atoms with E-state index in [0.29, 0.717) is 13.4 Å². The van der Waals surface area contributed by atoms with Crippen LogP contribution >= 0.6 is 63.7 Å². The second-order valence-corrected chi connectivity index (χ2v) is 6.90. The van der Waals surface area contributed by atoms with Crippen LogP contribution in [0.4, 0.5) is 0 Å². The molecular formula is C12H6Br4O3. The molecule has 0 radical (unpaired) electrons. The lowest BCUT2D eigenvalue weighted by Crippen LogP contribution is -1.89. The summed E-state index contributed by atoms with van der Waals surface area (Å²) in [6, 6.07) is 6.29. The molecule has 0 spiro atoms. The summed E-state index contributed by atoms with van der Waals surface area (Å²) >= 11 is 13.3. The molecule has 2 aromatic carbocycles. The van der Waals surface area contributed by atoms with E-state index in [1.54, 1.807) is 12.1 Å². The van der Waals surface area contributed by atoms with Crippen LogP contribution in [-0.4, -0.2) is 10.2 Å². The summed E-state index contributed by atoms with van der Waals surface area (Å²) in [6.07, 6.45) is 0. The van der Waals surface area contributed by atoms with Crippen LogP contribution in [0.5, 0.6) is 23.0 Å². The molecule has 19 heavy (non-hydrogen) atoms. The second-order valence-electron chi connectivity index (χ2n) is 3.55. The number of rotatable bonds is 2. The number of phenolic OH excluding ortho intramolecular Hbond substituents is 2. The zero-order valence-electron chi connectivity index (χ0n) is 9.12. The third kappa shape index (κ3) is 3.26. The Morgan fingerprint density at radius 1 is 0.842 bits per heavy atom. The standard InChI is InChI=1S/C12H6Br4O3/c13-5-1-2-7(17)9(3-5)19-12-8(18)4-6(14)10(15)11(12)16/h1-4,17-18H. The maximum absolute atomic E-state index is 9.92. The maximum Gasteiger partial charge on any atom is 0.184 e. The zero-order valence-corrected chi connectivity index (χ0v) is 15.5. The first-order valence-electron chi connectivity index (χ1n) is 4.93. The molecule has 0 saturated heterocycles. The van der Waals surface area contributed by atoms with E-state index >= 15 is 0 Å². The molecule has 0 aromatic heterocycles. The molecule has 0 bridgehead atoms. The van der Waals surface area contributed by atoms with Gasteiger partial charge in [0.15, 0.2) is 23.0 Å². The Morgan fingerprint density at radius 3 is 2.21 bits per heavy atom. The molecule has 0 aliphatic carbocycles. The molecule has 7 heteroatoms. The van der Waals surface area contributed by atoms with Gasteiger partial charge in [0.1, 0.15) is 0 Å². The van der Waals surface area contributed by atoms with Gasteiger partial charge in [0.25, 0.3) is 0 Å². The lowest BCUT2D eigenvalue weighted by atomic mass is 10.3. The number of aromatic hydroxyl groups is 2. The van der Waals surface area contributed by atoms with E-state index in [4.69, 9.17) is 4.74 Å². The molecule has 2 N–H and O–H groups in total. The second kappa shape index (κ2) is 6.03. The number of hydrogen-bond donors (Lipinski definition) is 2. The smallest absolute Gasteiger partial charge is 0.184 e. The topological polar surface area (TPSA) is 49.7 Å². The number of hydrogen-bond acceptors (Lipinski definition) is 3. The van der Waals surface area contributed by atoms with Crippen molar-refractivity contribution in [3.63, 3.8) is 0 Å². The summed E-state index contributed by atoms with van der Waals surface area (Å²) in [7, 11) is 0. The van der Waals surface area contributed by atoms with Crippen LogP contribution in [-0.2, 0) is 0 Å². The van der Waals surface area contributed by atoms with Gasteiger partial charge in [-0.05, 0) is 72.1 Å². The van der Waals surface area contributed by atoms with Crippen molar-refractivity contribution < 1.29 is 14.9 Å². The van der Waals surface area contributed by atoms with Crippen molar-refractivity contribution in [2.24, 2.45) is 0 Å². The minimum atomic E-state index is -0.0543. The molecule has 0 heterocycles. The Labute approximate surface area is 143 Å². The van der Waals surface area contributed by atoms with Crippen molar-refractivity contribution in [2.45, 2.75) is 0 Å². The Morgan fingerprint density at radius 2 is 1.53 bits per heavy atom. The molecule has 100 valence electrons. The summed E-state index contributed by atoms with van der Waals surface area (Å²) in [6.45, 7) is 0. The first kappa shape index (κ1) is 15.2. The Balaban J connectivity index is 2.49. The van der Waals surface area contributed by atoms with Crippen LogP contribution < -0.4 is 4.74 Å². The fourth-order valence-electron chi connectivity index (χ4n) is 1.34. The van der Waals surface area contributed by atoms with Crippen molar-refractivity contribution in [3.05, 3.63) is 42.2 Å². The number of ether oxygens (including phenoxy) is 1. The molecule has 0 aliphatic heterocycles. The highest BCUT2D eigenvalue weighted by Gasteiger charge is 2.17. The summed E-state index contributed by atoms with van der Waals surface area (Å²) < 4.78 is 8.24. The molecule has 0 aliphatic rings.